The van der Waals surface area contributed by atoms with Gasteiger partial charge in [-0.05, 0) is 25.2 Å². The molecule has 6 nitrogen and oxygen atoms in total. The van der Waals surface area contributed by atoms with Gasteiger partial charge in [0.15, 0.2) is 12.1 Å². The van der Waals surface area contributed by atoms with Crippen LogP contribution in [0.4, 0.5) is 0 Å². The van der Waals surface area contributed by atoms with Crippen molar-refractivity contribution in [3.8, 4) is 0 Å². The maximum atomic E-state index is 12.9. The van der Waals surface area contributed by atoms with Crippen molar-refractivity contribution in [3.05, 3.63) is 36.6 Å². The van der Waals surface area contributed by atoms with Crippen molar-refractivity contribution >= 4 is 5.91 Å². The Bertz CT molecular complexity index is 643. The number of oxazole rings is 1. The van der Waals surface area contributed by atoms with Gasteiger partial charge in [0, 0.05) is 25.5 Å². The third kappa shape index (κ3) is 2.23. The summed E-state index contributed by atoms with van der Waals surface area (Å²) in [6, 6.07) is 0.0594. The van der Waals surface area contributed by atoms with Gasteiger partial charge in [0.25, 0.3) is 5.91 Å². The average molecular weight is 300 g/mol. The molecular weight excluding hydrogens is 280 g/mol. The smallest absolute Gasteiger partial charge is 0.276 e. The quantitative estimate of drug-likeness (QED) is 0.855. The number of aryl methyl sites for hydroxylation is 1. The van der Waals surface area contributed by atoms with Crippen LogP contribution >= 0.6 is 0 Å². The van der Waals surface area contributed by atoms with Gasteiger partial charge in [-0.2, -0.15) is 0 Å². The summed E-state index contributed by atoms with van der Waals surface area (Å²) >= 11 is 0. The van der Waals surface area contributed by atoms with E-state index in [1.165, 1.54) is 38.3 Å². The molecule has 1 amide bonds. The Morgan fingerprint density at radius 2 is 2.05 bits per heavy atom. The zero-order chi connectivity index (χ0) is 14.9. The number of hydrogen-bond donors (Lipinski definition) is 0. The van der Waals surface area contributed by atoms with Gasteiger partial charge >= 0.3 is 0 Å². The summed E-state index contributed by atoms with van der Waals surface area (Å²) in [6.45, 7) is 1.66. The van der Waals surface area contributed by atoms with Crippen LogP contribution in [0.2, 0.25) is 0 Å². The van der Waals surface area contributed by atoms with E-state index in [2.05, 4.69) is 14.5 Å². The normalized spacial score (nSPS) is 22.5. The molecule has 0 spiro atoms. The van der Waals surface area contributed by atoms with Crippen molar-refractivity contribution in [2.24, 2.45) is 5.92 Å². The van der Waals surface area contributed by atoms with Crippen LogP contribution in [0.1, 0.15) is 54.5 Å². The van der Waals surface area contributed by atoms with Crippen LogP contribution in [0.25, 0.3) is 0 Å². The molecule has 1 saturated carbocycles. The Balaban J connectivity index is 1.73. The molecule has 1 aliphatic heterocycles. The lowest BCUT2D eigenvalue weighted by Crippen LogP contribution is -2.38. The number of carbonyl (C=O) groups is 1. The molecule has 0 saturated heterocycles. The maximum Gasteiger partial charge on any atom is 0.276 e. The first kappa shape index (κ1) is 13.5. The molecular formula is C16H20N4O2. The lowest BCUT2D eigenvalue weighted by molar-refractivity contribution is 0.0597. The fourth-order valence-corrected chi connectivity index (χ4v) is 3.90. The molecule has 22 heavy (non-hydrogen) atoms. The largest absolute Gasteiger partial charge is 0.451 e. The molecule has 6 heteroatoms. The summed E-state index contributed by atoms with van der Waals surface area (Å²) in [5, 5.41) is 0. The summed E-state index contributed by atoms with van der Waals surface area (Å²) < 4.78 is 7.20. The van der Waals surface area contributed by atoms with Gasteiger partial charge in [0.1, 0.15) is 12.1 Å². The van der Waals surface area contributed by atoms with Gasteiger partial charge in [-0.3, -0.25) is 4.79 Å². The van der Waals surface area contributed by atoms with E-state index in [-0.39, 0.29) is 11.9 Å². The lowest BCUT2D eigenvalue weighted by Gasteiger charge is -2.33. The Hall–Kier alpha value is -2.11. The number of imidazole rings is 1. The first-order chi connectivity index (χ1) is 10.8. The minimum absolute atomic E-state index is 0.0397. The average Bonchev–Trinajstić information content (AvgIpc) is 3.27. The summed E-state index contributed by atoms with van der Waals surface area (Å²) in [4.78, 5) is 23.5. The number of carbonyl (C=O) groups excluding carboxylic acids is 1. The number of aromatic nitrogens is 3. The fraction of sp³-hybridized carbons (Fsp3) is 0.562. The molecule has 0 radical (unpaired) electrons. The second-order valence-electron chi connectivity index (χ2n) is 6.19. The van der Waals surface area contributed by atoms with Crippen LogP contribution in [0.15, 0.2) is 29.5 Å². The van der Waals surface area contributed by atoms with Crippen molar-refractivity contribution in [1.29, 1.82) is 0 Å². The van der Waals surface area contributed by atoms with Gasteiger partial charge in [-0.1, -0.05) is 12.8 Å². The maximum absolute atomic E-state index is 12.9. The van der Waals surface area contributed by atoms with Crippen LogP contribution in [-0.4, -0.2) is 31.9 Å². The van der Waals surface area contributed by atoms with Gasteiger partial charge in [0.05, 0.1) is 6.04 Å². The zero-order valence-corrected chi connectivity index (χ0v) is 12.5. The molecule has 2 aromatic rings. The molecule has 2 aromatic heterocycles. The third-order valence-corrected chi connectivity index (χ3v) is 4.90. The van der Waals surface area contributed by atoms with E-state index < -0.39 is 0 Å². The Kier molecular flexibility index (Phi) is 3.44. The van der Waals surface area contributed by atoms with E-state index in [1.54, 1.807) is 0 Å². The monoisotopic (exact) mass is 300 g/mol. The fourth-order valence-electron chi connectivity index (χ4n) is 3.90. The molecule has 1 fully saturated rings. The number of fused-ring (bicyclic) bond motifs is 1. The number of hydrogen-bond acceptors (Lipinski definition) is 4. The predicted molar refractivity (Wildman–Crippen MR) is 79.1 cm³/mol. The van der Waals surface area contributed by atoms with E-state index in [4.69, 9.17) is 4.42 Å². The van der Waals surface area contributed by atoms with Crippen LogP contribution in [-0.2, 0) is 6.54 Å². The van der Waals surface area contributed by atoms with Crippen molar-refractivity contribution < 1.29 is 9.21 Å². The molecule has 1 unspecified atom stereocenters. The van der Waals surface area contributed by atoms with Gasteiger partial charge < -0.3 is 13.9 Å². The van der Waals surface area contributed by atoms with Crippen molar-refractivity contribution in [2.45, 2.75) is 44.7 Å². The van der Waals surface area contributed by atoms with E-state index in [9.17, 15) is 4.79 Å². The minimum atomic E-state index is -0.0397. The van der Waals surface area contributed by atoms with Crippen LogP contribution < -0.4 is 0 Å². The predicted octanol–water partition coefficient (Wildman–Crippen LogP) is 2.65. The topological polar surface area (TPSA) is 64.2 Å². The Morgan fingerprint density at radius 3 is 2.82 bits per heavy atom. The first-order valence-corrected chi connectivity index (χ1v) is 8.05. The highest BCUT2D eigenvalue weighted by molar-refractivity contribution is 5.92. The van der Waals surface area contributed by atoms with Gasteiger partial charge in [-0.15, -0.1) is 0 Å². The number of amides is 1. The number of nitrogens with zero attached hydrogens (tertiary/aromatic N) is 4. The highest BCUT2D eigenvalue weighted by Gasteiger charge is 2.38. The SMILES string of the molecule is O=C(c1cocn1)N1CCCn2ccnc2C1C1CCCC1. The van der Waals surface area contributed by atoms with E-state index in [0.29, 0.717) is 11.6 Å². The first-order valence-electron chi connectivity index (χ1n) is 8.05. The third-order valence-electron chi connectivity index (χ3n) is 4.90. The summed E-state index contributed by atoms with van der Waals surface area (Å²) in [7, 11) is 0. The molecule has 0 aromatic carbocycles. The highest BCUT2D eigenvalue weighted by atomic mass is 16.3. The summed E-state index contributed by atoms with van der Waals surface area (Å²) in [5.41, 5.74) is 0.392. The highest BCUT2D eigenvalue weighted by Crippen LogP contribution is 2.40. The molecule has 3 heterocycles. The van der Waals surface area contributed by atoms with E-state index in [1.807, 2.05) is 17.3 Å². The lowest BCUT2D eigenvalue weighted by atomic mass is 9.95. The minimum Gasteiger partial charge on any atom is -0.451 e. The van der Waals surface area contributed by atoms with Crippen LogP contribution in [0.5, 0.6) is 0 Å². The van der Waals surface area contributed by atoms with Crippen LogP contribution in [0, 0.1) is 5.92 Å². The van der Waals surface area contributed by atoms with Crippen molar-refractivity contribution in [1.82, 2.24) is 19.4 Å². The molecule has 116 valence electrons. The molecule has 1 aliphatic carbocycles. The number of rotatable bonds is 2. The van der Waals surface area contributed by atoms with Gasteiger partial charge in [-0.25, -0.2) is 9.97 Å². The molecule has 2 aliphatic rings. The molecule has 4 rings (SSSR count). The van der Waals surface area contributed by atoms with Crippen molar-refractivity contribution in [2.75, 3.05) is 6.54 Å². The molecule has 0 N–H and O–H groups in total. The standard InChI is InChI=1S/C16H20N4O2/c21-16(13-10-22-11-18-13)20-8-3-7-19-9-6-17-15(19)14(20)12-4-1-2-5-12/h6,9-12,14H,1-5,7-8H2. The van der Waals surface area contributed by atoms with E-state index >= 15 is 0 Å². The Labute approximate surface area is 129 Å². The molecule has 0 bridgehead atoms. The van der Waals surface area contributed by atoms with Crippen LogP contribution in [0.3, 0.4) is 0 Å². The second-order valence-corrected chi connectivity index (χ2v) is 6.19. The van der Waals surface area contributed by atoms with Gasteiger partial charge in [0.2, 0.25) is 0 Å². The zero-order valence-electron chi connectivity index (χ0n) is 12.5. The summed E-state index contributed by atoms with van der Waals surface area (Å²) in [5.74, 6) is 1.48. The van der Waals surface area contributed by atoms with E-state index in [0.717, 1.165) is 25.3 Å². The van der Waals surface area contributed by atoms with Crippen molar-refractivity contribution in [3.63, 3.8) is 0 Å². The summed E-state index contributed by atoms with van der Waals surface area (Å²) in [6.07, 6.45) is 12.4. The molecule has 1 atom stereocenters. The Morgan fingerprint density at radius 1 is 1.18 bits per heavy atom. The second kappa shape index (κ2) is 5.59.